The first-order valence-corrected chi connectivity index (χ1v) is 5.84. The van der Waals surface area contributed by atoms with E-state index >= 15 is 0 Å². The number of hydrogen-bond donors (Lipinski definition) is 1. The number of anilines is 2. The van der Waals surface area contributed by atoms with Crippen molar-refractivity contribution in [3.63, 3.8) is 0 Å². The Bertz CT molecular complexity index is 529. The quantitative estimate of drug-likeness (QED) is 0.565. The zero-order valence-electron chi connectivity index (χ0n) is 11.2. The molecule has 1 aromatic carbocycles. The Morgan fingerprint density at radius 3 is 2.39 bits per heavy atom. The summed E-state index contributed by atoms with van der Waals surface area (Å²) in [4.78, 5) is 13.4. The van der Waals surface area contributed by atoms with Crippen LogP contribution in [0.25, 0.3) is 0 Å². The Morgan fingerprint density at radius 2 is 1.83 bits per heavy atom. The lowest BCUT2D eigenvalue weighted by molar-refractivity contribution is -0.120. The minimum atomic E-state index is -0.492. The van der Waals surface area contributed by atoms with E-state index in [2.05, 4.69) is 27.4 Å². The summed E-state index contributed by atoms with van der Waals surface area (Å²) in [5.74, 6) is -0.492. The minimum absolute atomic E-state index is 0.0128. The summed E-state index contributed by atoms with van der Waals surface area (Å²) in [5, 5.41) is 10.5. The van der Waals surface area contributed by atoms with Crippen molar-refractivity contribution in [2.24, 2.45) is 0 Å². The van der Waals surface area contributed by atoms with Crippen molar-refractivity contribution < 1.29 is 10.0 Å². The van der Waals surface area contributed by atoms with Gasteiger partial charge in [-0.3, -0.25) is 10.0 Å². The number of benzene rings is 1. The number of hydrogen-bond acceptors (Lipinski definition) is 3. The molecule has 1 amide bonds. The number of likely N-dealkylation sites (N-methyl/N-ethyl adjacent to an activating group) is 1. The van der Waals surface area contributed by atoms with Crippen LogP contribution in [0.4, 0.5) is 11.4 Å². The average Bonchev–Trinajstić information content (AvgIpc) is 2.32. The maximum absolute atomic E-state index is 11.7. The largest absolute Gasteiger partial charge is 0.339 e. The first kappa shape index (κ1) is 12.6. The molecule has 18 heavy (non-hydrogen) atoms. The molecule has 0 bridgehead atoms. The zero-order chi connectivity index (χ0) is 13.7. The van der Waals surface area contributed by atoms with Crippen LogP contribution < -0.4 is 9.96 Å². The van der Waals surface area contributed by atoms with Crippen LogP contribution in [0.15, 0.2) is 30.5 Å². The highest BCUT2D eigenvalue weighted by Gasteiger charge is 2.31. The van der Waals surface area contributed by atoms with Gasteiger partial charge in [-0.2, -0.15) is 5.06 Å². The lowest BCUT2D eigenvalue weighted by atomic mass is 9.86. The van der Waals surface area contributed by atoms with Gasteiger partial charge in [-0.1, -0.05) is 33.4 Å². The van der Waals surface area contributed by atoms with E-state index in [4.69, 9.17) is 0 Å². The normalized spacial score (nSPS) is 16.1. The number of carbonyl (C=O) groups is 1. The molecule has 1 N–H and O–H groups in total. The molecule has 2 rings (SSSR count). The van der Waals surface area contributed by atoms with Gasteiger partial charge in [-0.25, -0.2) is 0 Å². The van der Waals surface area contributed by atoms with Gasteiger partial charge in [0.2, 0.25) is 0 Å². The topological polar surface area (TPSA) is 43.8 Å². The number of rotatable bonds is 0. The molecule has 1 aliphatic heterocycles. The fraction of sp³-hybridized carbons (Fsp3) is 0.357. The van der Waals surface area contributed by atoms with E-state index in [1.54, 1.807) is 18.0 Å². The molecular weight excluding hydrogens is 228 g/mol. The van der Waals surface area contributed by atoms with Crippen LogP contribution in [-0.4, -0.2) is 18.2 Å². The molecule has 0 radical (unpaired) electrons. The summed E-state index contributed by atoms with van der Waals surface area (Å²) < 4.78 is 0. The van der Waals surface area contributed by atoms with Crippen molar-refractivity contribution in [1.29, 1.82) is 0 Å². The lowest BCUT2D eigenvalue weighted by Crippen LogP contribution is -2.40. The predicted molar refractivity (Wildman–Crippen MR) is 72.0 cm³/mol. The van der Waals surface area contributed by atoms with E-state index in [0.717, 1.165) is 11.3 Å². The van der Waals surface area contributed by atoms with E-state index in [1.165, 1.54) is 0 Å². The van der Waals surface area contributed by atoms with E-state index in [9.17, 15) is 10.0 Å². The molecule has 0 saturated carbocycles. The Labute approximate surface area is 107 Å². The second-order valence-electron chi connectivity index (χ2n) is 5.58. The van der Waals surface area contributed by atoms with E-state index in [1.807, 2.05) is 12.1 Å². The fourth-order valence-electron chi connectivity index (χ4n) is 1.96. The molecule has 1 heterocycles. The first-order chi connectivity index (χ1) is 8.23. The van der Waals surface area contributed by atoms with E-state index in [0.29, 0.717) is 10.8 Å². The maximum atomic E-state index is 11.7. The molecule has 0 aromatic heterocycles. The fourth-order valence-corrected chi connectivity index (χ4v) is 1.96. The standard InChI is InChI=1S/C14H18N2O2/c1-9-13(17)16(18)11-7-6-10(14(2,3)4)8-12(11)15(9)5/h6-8,18H,1H2,2-5H3. The minimum Gasteiger partial charge on any atom is -0.339 e. The number of carbonyl (C=O) groups excluding carboxylic acids is 1. The van der Waals surface area contributed by atoms with Crippen LogP contribution in [-0.2, 0) is 10.2 Å². The molecule has 1 aliphatic rings. The Kier molecular flexibility index (Phi) is 2.70. The van der Waals surface area contributed by atoms with Crippen LogP contribution in [0.5, 0.6) is 0 Å². The monoisotopic (exact) mass is 246 g/mol. The van der Waals surface area contributed by atoms with Gasteiger partial charge in [0.05, 0.1) is 11.4 Å². The van der Waals surface area contributed by atoms with Crippen LogP contribution >= 0.6 is 0 Å². The van der Waals surface area contributed by atoms with Gasteiger partial charge >= 0.3 is 0 Å². The molecule has 0 fully saturated rings. The smallest absolute Gasteiger partial charge is 0.298 e. The molecule has 0 atom stereocenters. The highest BCUT2D eigenvalue weighted by Crippen LogP contribution is 2.38. The molecule has 96 valence electrons. The maximum Gasteiger partial charge on any atom is 0.298 e. The van der Waals surface area contributed by atoms with E-state index < -0.39 is 5.91 Å². The summed E-state index contributed by atoms with van der Waals surface area (Å²) in [7, 11) is 1.78. The number of amides is 1. The van der Waals surface area contributed by atoms with E-state index in [-0.39, 0.29) is 11.1 Å². The third kappa shape index (κ3) is 1.78. The molecule has 0 saturated heterocycles. The summed E-state index contributed by atoms with van der Waals surface area (Å²) >= 11 is 0. The number of fused-ring (bicyclic) bond motifs is 1. The summed E-state index contributed by atoms with van der Waals surface area (Å²) in [6.45, 7) is 10.0. The van der Waals surface area contributed by atoms with Gasteiger partial charge in [0.15, 0.2) is 0 Å². The van der Waals surface area contributed by atoms with Crippen molar-refractivity contribution in [3.8, 4) is 0 Å². The highest BCUT2D eigenvalue weighted by atomic mass is 16.5. The molecule has 0 spiro atoms. The number of hydroxylamine groups is 1. The summed E-state index contributed by atoms with van der Waals surface area (Å²) in [6, 6.07) is 5.67. The highest BCUT2D eigenvalue weighted by molar-refractivity contribution is 6.11. The van der Waals surface area contributed by atoms with Crippen LogP contribution in [0, 0.1) is 0 Å². The second-order valence-corrected chi connectivity index (χ2v) is 5.58. The number of nitrogens with zero attached hydrogens (tertiary/aromatic N) is 2. The van der Waals surface area contributed by atoms with Crippen LogP contribution in [0.3, 0.4) is 0 Å². The SMILES string of the molecule is C=C1C(=O)N(O)c2ccc(C(C)(C)C)cc2N1C. The van der Waals surface area contributed by atoms with Gasteiger partial charge < -0.3 is 4.90 Å². The Hall–Kier alpha value is -1.81. The third-order valence-corrected chi connectivity index (χ3v) is 3.28. The Morgan fingerprint density at radius 1 is 1.22 bits per heavy atom. The second kappa shape index (κ2) is 3.85. The van der Waals surface area contributed by atoms with Crippen LogP contribution in [0.2, 0.25) is 0 Å². The molecule has 4 heteroatoms. The first-order valence-electron chi connectivity index (χ1n) is 5.84. The van der Waals surface area contributed by atoms with Crippen LogP contribution in [0.1, 0.15) is 26.3 Å². The summed E-state index contributed by atoms with van der Waals surface area (Å²) in [5.41, 5.74) is 2.69. The van der Waals surface area contributed by atoms with Crippen molar-refractivity contribution >= 4 is 17.3 Å². The predicted octanol–water partition coefficient (Wildman–Crippen LogP) is 2.67. The molecule has 1 aromatic rings. The average molecular weight is 246 g/mol. The van der Waals surface area contributed by atoms with Gasteiger partial charge in [0.25, 0.3) is 5.91 Å². The molecule has 4 nitrogen and oxygen atoms in total. The zero-order valence-corrected chi connectivity index (χ0v) is 11.2. The third-order valence-electron chi connectivity index (χ3n) is 3.28. The molecule has 0 unspecified atom stereocenters. The summed E-state index contributed by atoms with van der Waals surface area (Å²) in [6.07, 6.45) is 0. The van der Waals surface area contributed by atoms with Gasteiger partial charge in [-0.15, -0.1) is 0 Å². The van der Waals surface area contributed by atoms with Gasteiger partial charge in [0, 0.05) is 7.05 Å². The molecular formula is C14H18N2O2. The Balaban J connectivity index is 2.60. The van der Waals surface area contributed by atoms with Crippen molar-refractivity contribution in [2.45, 2.75) is 26.2 Å². The van der Waals surface area contributed by atoms with Gasteiger partial charge in [-0.05, 0) is 23.1 Å². The molecule has 0 aliphatic carbocycles. The van der Waals surface area contributed by atoms with Gasteiger partial charge in [0.1, 0.15) is 5.70 Å². The van der Waals surface area contributed by atoms with Crippen molar-refractivity contribution in [2.75, 3.05) is 17.0 Å². The van der Waals surface area contributed by atoms with Crippen molar-refractivity contribution in [3.05, 3.63) is 36.0 Å². The van der Waals surface area contributed by atoms with Crippen molar-refractivity contribution in [1.82, 2.24) is 0 Å². The lowest BCUT2D eigenvalue weighted by Gasteiger charge is -2.34.